The number of nitrogens with zero attached hydrogens (tertiary/aromatic N) is 3. The Labute approximate surface area is 137 Å². The van der Waals surface area contributed by atoms with E-state index in [-0.39, 0.29) is 5.56 Å². The van der Waals surface area contributed by atoms with E-state index in [1.807, 2.05) is 18.2 Å². The maximum absolute atomic E-state index is 12.2. The normalized spacial score (nSPS) is 11.0. The topological polar surface area (TPSA) is 91.1 Å². The minimum atomic E-state index is -0.406. The van der Waals surface area contributed by atoms with Gasteiger partial charge in [-0.1, -0.05) is 6.07 Å². The molecule has 0 saturated carbocycles. The summed E-state index contributed by atoms with van der Waals surface area (Å²) in [6.45, 7) is 0. The van der Waals surface area contributed by atoms with Gasteiger partial charge in [-0.15, -0.1) is 0 Å². The second kappa shape index (κ2) is 5.88. The van der Waals surface area contributed by atoms with Crippen LogP contribution in [0.3, 0.4) is 0 Å². The molecular weight excluding hydrogens is 312 g/mol. The molecule has 0 spiro atoms. The molecule has 3 aromatic rings. The molecule has 1 N–H and O–H groups in total. The lowest BCUT2D eigenvalue weighted by Crippen LogP contribution is -2.36. The van der Waals surface area contributed by atoms with Crippen molar-refractivity contribution in [2.45, 2.75) is 6.42 Å². The fourth-order valence-electron chi connectivity index (χ4n) is 2.64. The summed E-state index contributed by atoms with van der Waals surface area (Å²) in [7, 11) is 6.18. The number of aromatic amines is 1. The van der Waals surface area contributed by atoms with E-state index in [1.165, 1.54) is 11.6 Å². The predicted octanol–water partition coefficient (Wildman–Crippen LogP) is 0.568. The molecular formula is C16H18N4O4. The third-order valence-electron chi connectivity index (χ3n) is 3.96. The van der Waals surface area contributed by atoms with Gasteiger partial charge in [0.2, 0.25) is 0 Å². The van der Waals surface area contributed by atoms with E-state index >= 15 is 0 Å². The monoisotopic (exact) mass is 330 g/mol. The van der Waals surface area contributed by atoms with E-state index in [1.54, 1.807) is 21.3 Å². The Hall–Kier alpha value is -3.03. The van der Waals surface area contributed by atoms with Crippen molar-refractivity contribution in [1.29, 1.82) is 0 Å². The van der Waals surface area contributed by atoms with Crippen LogP contribution in [0, 0.1) is 0 Å². The first-order valence-electron chi connectivity index (χ1n) is 7.31. The van der Waals surface area contributed by atoms with Crippen molar-refractivity contribution in [3.63, 3.8) is 0 Å². The van der Waals surface area contributed by atoms with E-state index < -0.39 is 5.69 Å². The fourth-order valence-corrected chi connectivity index (χ4v) is 2.64. The number of hydrogen-bond donors (Lipinski definition) is 1. The molecule has 2 heterocycles. The van der Waals surface area contributed by atoms with Crippen LogP contribution in [-0.4, -0.2) is 33.3 Å². The van der Waals surface area contributed by atoms with Gasteiger partial charge >= 0.3 is 5.69 Å². The Bertz CT molecular complexity index is 1030. The fraction of sp³-hybridized carbons (Fsp3) is 0.312. The predicted molar refractivity (Wildman–Crippen MR) is 88.9 cm³/mol. The highest BCUT2D eigenvalue weighted by Gasteiger charge is 2.14. The molecule has 0 bridgehead atoms. The molecule has 0 unspecified atom stereocenters. The zero-order chi connectivity index (χ0) is 17.4. The number of imidazole rings is 1. The molecule has 126 valence electrons. The first-order chi connectivity index (χ1) is 11.5. The highest BCUT2D eigenvalue weighted by molar-refractivity contribution is 5.69. The number of hydrogen-bond acceptors (Lipinski definition) is 5. The van der Waals surface area contributed by atoms with Gasteiger partial charge in [0.15, 0.2) is 17.1 Å². The van der Waals surface area contributed by atoms with Crippen molar-refractivity contribution < 1.29 is 9.47 Å². The Morgan fingerprint density at radius 2 is 1.79 bits per heavy atom. The second-order valence-corrected chi connectivity index (χ2v) is 5.45. The average Bonchev–Trinajstić information content (AvgIpc) is 3.02. The number of H-pyrrole nitrogens is 1. The highest BCUT2D eigenvalue weighted by atomic mass is 16.5. The number of nitrogens with one attached hydrogen (secondary N) is 1. The zero-order valence-electron chi connectivity index (χ0n) is 13.9. The average molecular weight is 330 g/mol. The van der Waals surface area contributed by atoms with Gasteiger partial charge in [0.05, 0.1) is 14.2 Å². The van der Waals surface area contributed by atoms with Crippen LogP contribution < -0.4 is 20.7 Å². The molecule has 24 heavy (non-hydrogen) atoms. The summed E-state index contributed by atoms with van der Waals surface area (Å²) in [6, 6.07) is 5.56. The van der Waals surface area contributed by atoms with Gasteiger partial charge in [-0.25, -0.2) is 9.78 Å². The summed E-state index contributed by atoms with van der Waals surface area (Å²) in [5, 5.41) is 0. The largest absolute Gasteiger partial charge is 0.493 e. The van der Waals surface area contributed by atoms with Crippen molar-refractivity contribution >= 4 is 11.2 Å². The van der Waals surface area contributed by atoms with E-state index in [9.17, 15) is 9.59 Å². The zero-order valence-corrected chi connectivity index (χ0v) is 13.9. The summed E-state index contributed by atoms with van der Waals surface area (Å²) in [5.74, 6) is 1.85. The van der Waals surface area contributed by atoms with E-state index in [4.69, 9.17) is 9.47 Å². The lowest BCUT2D eigenvalue weighted by Gasteiger charge is -2.08. The number of aromatic nitrogens is 4. The SMILES string of the molecule is COc1ccc(Cc2nc3c([nH]2)c(=O)n(C)c(=O)n3C)cc1OC. The summed E-state index contributed by atoms with van der Waals surface area (Å²) in [5.41, 5.74) is 0.804. The highest BCUT2D eigenvalue weighted by Crippen LogP contribution is 2.28. The van der Waals surface area contributed by atoms with Gasteiger partial charge in [0.25, 0.3) is 5.56 Å². The molecule has 8 heteroatoms. The maximum Gasteiger partial charge on any atom is 0.332 e. The number of rotatable bonds is 4. The number of fused-ring (bicyclic) bond motifs is 1. The molecule has 0 aliphatic heterocycles. The van der Waals surface area contributed by atoms with Crippen molar-refractivity contribution in [2.24, 2.45) is 14.1 Å². The smallest absolute Gasteiger partial charge is 0.332 e. The van der Waals surface area contributed by atoms with Gasteiger partial charge in [-0.05, 0) is 17.7 Å². The second-order valence-electron chi connectivity index (χ2n) is 5.45. The number of aryl methyl sites for hydroxylation is 1. The Balaban J connectivity index is 2.06. The number of benzene rings is 1. The van der Waals surface area contributed by atoms with Crippen LogP contribution in [0.15, 0.2) is 27.8 Å². The molecule has 3 rings (SSSR count). The van der Waals surface area contributed by atoms with Crippen LogP contribution in [0.1, 0.15) is 11.4 Å². The molecule has 0 aliphatic carbocycles. The third kappa shape index (κ3) is 2.45. The van der Waals surface area contributed by atoms with Gasteiger partial charge in [-0.3, -0.25) is 13.9 Å². The molecule has 0 radical (unpaired) electrons. The van der Waals surface area contributed by atoms with E-state index in [0.717, 1.165) is 10.1 Å². The number of methoxy groups -OCH3 is 2. The van der Waals surface area contributed by atoms with E-state index in [2.05, 4.69) is 9.97 Å². The van der Waals surface area contributed by atoms with Crippen LogP contribution in [0.25, 0.3) is 11.2 Å². The molecule has 0 fully saturated rings. The van der Waals surface area contributed by atoms with Gasteiger partial charge < -0.3 is 14.5 Å². The summed E-state index contributed by atoms with van der Waals surface area (Å²) >= 11 is 0. The first kappa shape index (κ1) is 15.9. The van der Waals surface area contributed by atoms with Crippen LogP contribution in [0.4, 0.5) is 0 Å². The molecule has 0 aliphatic rings. The molecule has 2 aromatic heterocycles. The Kier molecular flexibility index (Phi) is 3.88. The van der Waals surface area contributed by atoms with Crippen molar-refractivity contribution in [2.75, 3.05) is 14.2 Å². The van der Waals surface area contributed by atoms with E-state index in [0.29, 0.717) is 34.9 Å². The van der Waals surface area contributed by atoms with Gasteiger partial charge in [-0.2, -0.15) is 0 Å². The van der Waals surface area contributed by atoms with Crippen LogP contribution in [-0.2, 0) is 20.5 Å². The molecule has 0 atom stereocenters. The summed E-state index contributed by atoms with van der Waals surface area (Å²) in [4.78, 5) is 31.6. The minimum Gasteiger partial charge on any atom is -0.493 e. The van der Waals surface area contributed by atoms with Crippen LogP contribution >= 0.6 is 0 Å². The van der Waals surface area contributed by atoms with Crippen molar-refractivity contribution in [3.8, 4) is 11.5 Å². The quantitative estimate of drug-likeness (QED) is 0.755. The van der Waals surface area contributed by atoms with Crippen molar-refractivity contribution in [3.05, 3.63) is 50.4 Å². The van der Waals surface area contributed by atoms with Gasteiger partial charge in [0.1, 0.15) is 11.3 Å². The Morgan fingerprint density at radius 1 is 1.08 bits per heavy atom. The lowest BCUT2D eigenvalue weighted by molar-refractivity contribution is 0.354. The number of ether oxygens (including phenoxy) is 2. The lowest BCUT2D eigenvalue weighted by atomic mass is 10.1. The standard InChI is InChI=1S/C16H18N4O4/c1-19-14-13(15(21)20(2)16(19)22)17-12(18-14)8-9-5-6-10(23-3)11(7-9)24-4/h5-7H,8H2,1-4H3,(H,17,18). The van der Waals surface area contributed by atoms with Crippen LogP contribution in [0.5, 0.6) is 11.5 Å². The molecule has 0 saturated heterocycles. The third-order valence-corrected chi connectivity index (χ3v) is 3.96. The molecule has 8 nitrogen and oxygen atoms in total. The summed E-state index contributed by atoms with van der Waals surface area (Å²) < 4.78 is 12.9. The molecule has 1 aromatic carbocycles. The van der Waals surface area contributed by atoms with Gasteiger partial charge in [0, 0.05) is 20.5 Å². The summed E-state index contributed by atoms with van der Waals surface area (Å²) in [6.07, 6.45) is 0.465. The van der Waals surface area contributed by atoms with Crippen molar-refractivity contribution in [1.82, 2.24) is 19.1 Å². The first-order valence-corrected chi connectivity index (χ1v) is 7.31. The van der Waals surface area contributed by atoms with Crippen LogP contribution in [0.2, 0.25) is 0 Å². The minimum absolute atomic E-state index is 0.315. The Morgan fingerprint density at radius 3 is 2.46 bits per heavy atom. The molecule has 0 amide bonds. The maximum atomic E-state index is 12.2.